The third-order valence-corrected chi connectivity index (χ3v) is 6.63. The second kappa shape index (κ2) is 11.3. The molecule has 1 aromatic heterocycles. The minimum atomic E-state index is -0.842. The lowest BCUT2D eigenvalue weighted by Crippen LogP contribution is -2.46. The Labute approximate surface area is 194 Å². The van der Waals surface area contributed by atoms with Gasteiger partial charge >= 0.3 is 5.69 Å². The average molecular weight is 461 g/mol. The Hall–Kier alpha value is -2.20. The highest BCUT2D eigenvalue weighted by Gasteiger charge is 2.31. The van der Waals surface area contributed by atoms with Crippen LogP contribution in [0, 0.1) is 0 Å². The largest absolute Gasteiger partial charge is 0.381 e. The number of carbonyl (C=O) groups excluding carboxylic acids is 1. The van der Waals surface area contributed by atoms with Gasteiger partial charge in [-0.25, -0.2) is 4.79 Å². The molecule has 3 heterocycles. The van der Waals surface area contributed by atoms with Crippen molar-refractivity contribution in [1.82, 2.24) is 19.8 Å². The molecule has 9 heteroatoms. The molecule has 2 fully saturated rings. The summed E-state index contributed by atoms with van der Waals surface area (Å²) in [6, 6.07) is 5.25. The molecule has 3 N–H and O–H groups in total. The topological polar surface area (TPSA) is 107 Å². The number of rotatable bonds is 10. The fourth-order valence-corrected chi connectivity index (χ4v) is 4.89. The minimum absolute atomic E-state index is 0.209. The van der Waals surface area contributed by atoms with Crippen molar-refractivity contribution in [2.75, 3.05) is 32.9 Å². The number of benzene rings is 1. The summed E-state index contributed by atoms with van der Waals surface area (Å²) in [5.41, 5.74) is 2.48. The van der Waals surface area contributed by atoms with E-state index in [4.69, 9.17) is 9.47 Å². The second-order valence-electron chi connectivity index (χ2n) is 9.00. The van der Waals surface area contributed by atoms with Crippen molar-refractivity contribution in [3.63, 3.8) is 0 Å². The monoisotopic (exact) mass is 460 g/mol. The number of hydrogen-bond donors (Lipinski definition) is 3. The van der Waals surface area contributed by atoms with Gasteiger partial charge in [0.25, 0.3) is 0 Å². The van der Waals surface area contributed by atoms with E-state index >= 15 is 0 Å². The molecule has 1 aromatic carbocycles. The Bertz CT molecular complexity index is 995. The molecule has 0 saturated carbocycles. The van der Waals surface area contributed by atoms with Gasteiger partial charge in [-0.2, -0.15) is 0 Å². The number of carbonyl (C=O) groups is 1. The molecule has 0 aliphatic carbocycles. The normalized spacial score (nSPS) is 22.1. The number of nitrogens with one attached hydrogen (secondary N) is 2. The van der Waals surface area contributed by atoms with Gasteiger partial charge in [0.05, 0.1) is 17.1 Å². The molecule has 182 valence electrons. The predicted molar refractivity (Wildman–Crippen MR) is 125 cm³/mol. The third kappa shape index (κ3) is 5.66. The molecular formula is C24H36N4O5. The van der Waals surface area contributed by atoms with Crippen molar-refractivity contribution < 1.29 is 19.4 Å². The van der Waals surface area contributed by atoms with Crippen LogP contribution in [0.25, 0.3) is 11.0 Å². The molecule has 2 aliphatic heterocycles. The van der Waals surface area contributed by atoms with Crippen LogP contribution in [0.1, 0.15) is 50.1 Å². The zero-order valence-electron chi connectivity index (χ0n) is 19.4. The number of fused-ring (bicyclic) bond motifs is 1. The SMILES string of the molecule is Cn1c(=O)n(C2CCC(O)NC2=O)c2cccc(CCCOCCCOC3CCNCC3)c21. The van der Waals surface area contributed by atoms with E-state index in [2.05, 4.69) is 10.6 Å². The molecule has 2 aromatic rings. The van der Waals surface area contributed by atoms with Gasteiger partial charge in [0.15, 0.2) is 0 Å². The summed E-state index contributed by atoms with van der Waals surface area (Å²) in [5, 5.41) is 15.6. The molecule has 2 atom stereocenters. The summed E-state index contributed by atoms with van der Waals surface area (Å²) in [7, 11) is 1.75. The van der Waals surface area contributed by atoms with E-state index in [1.165, 1.54) is 0 Å². The van der Waals surface area contributed by atoms with Crippen LogP contribution in [-0.2, 0) is 27.7 Å². The molecule has 2 aliphatic rings. The number of aromatic nitrogens is 2. The summed E-state index contributed by atoms with van der Waals surface area (Å²) in [6.07, 6.45) is 5.12. The molecular weight excluding hydrogens is 424 g/mol. The van der Waals surface area contributed by atoms with E-state index < -0.39 is 12.3 Å². The zero-order chi connectivity index (χ0) is 23.2. The molecule has 2 saturated heterocycles. The standard InChI is InChI=1S/C24H36N4O5/c1-27-22-17(6-3-14-32-15-4-16-33-18-10-12-25-13-11-18)5-2-7-19(22)28(24(27)31)20-8-9-21(29)26-23(20)30/h2,5,7,18,20-21,25,29H,3-4,6,8-16H2,1H3,(H,26,30). The van der Waals surface area contributed by atoms with Crippen molar-refractivity contribution in [2.45, 2.75) is 63.3 Å². The minimum Gasteiger partial charge on any atom is -0.381 e. The van der Waals surface area contributed by atoms with Gasteiger partial charge in [0.1, 0.15) is 12.3 Å². The molecule has 0 radical (unpaired) electrons. The van der Waals surface area contributed by atoms with Gasteiger partial charge in [-0.3, -0.25) is 13.9 Å². The van der Waals surface area contributed by atoms with Crippen molar-refractivity contribution >= 4 is 16.9 Å². The average Bonchev–Trinajstić information content (AvgIpc) is 3.07. The first-order chi connectivity index (χ1) is 16.1. The second-order valence-corrected chi connectivity index (χ2v) is 9.00. The number of amides is 1. The van der Waals surface area contributed by atoms with Crippen LogP contribution >= 0.6 is 0 Å². The highest BCUT2D eigenvalue weighted by molar-refractivity contribution is 5.86. The number of ether oxygens (including phenoxy) is 2. The quantitative estimate of drug-likeness (QED) is 0.460. The van der Waals surface area contributed by atoms with Crippen LogP contribution < -0.4 is 16.3 Å². The van der Waals surface area contributed by atoms with Crippen LogP contribution in [0.5, 0.6) is 0 Å². The number of aliphatic hydroxyl groups excluding tert-OH is 1. The maximum atomic E-state index is 13.0. The zero-order valence-corrected chi connectivity index (χ0v) is 19.4. The number of aliphatic hydroxyl groups is 1. The molecule has 9 nitrogen and oxygen atoms in total. The number of imidazole rings is 1. The highest BCUT2D eigenvalue weighted by Crippen LogP contribution is 2.26. The fraction of sp³-hybridized carbons (Fsp3) is 0.667. The molecule has 0 spiro atoms. The van der Waals surface area contributed by atoms with Crippen molar-refractivity contribution in [3.8, 4) is 0 Å². The Kier molecular flexibility index (Phi) is 8.19. The van der Waals surface area contributed by atoms with Gasteiger partial charge in [0.2, 0.25) is 5.91 Å². The van der Waals surface area contributed by atoms with E-state index in [0.29, 0.717) is 32.2 Å². The van der Waals surface area contributed by atoms with E-state index in [0.717, 1.165) is 68.4 Å². The fourth-order valence-electron chi connectivity index (χ4n) is 4.89. The summed E-state index contributed by atoms with van der Waals surface area (Å²) >= 11 is 0. The Balaban J connectivity index is 1.29. The van der Waals surface area contributed by atoms with Gasteiger partial charge in [-0.15, -0.1) is 0 Å². The number of aryl methyl sites for hydroxylation is 2. The summed E-state index contributed by atoms with van der Waals surface area (Å²) in [4.78, 5) is 25.4. The van der Waals surface area contributed by atoms with Gasteiger partial charge in [-0.1, -0.05) is 12.1 Å². The van der Waals surface area contributed by atoms with E-state index in [1.54, 1.807) is 16.2 Å². The third-order valence-electron chi connectivity index (χ3n) is 6.63. The number of piperidine rings is 2. The van der Waals surface area contributed by atoms with Gasteiger partial charge in [0, 0.05) is 26.9 Å². The summed E-state index contributed by atoms with van der Waals surface area (Å²) in [5.74, 6) is -0.314. The Morgan fingerprint density at radius 3 is 2.64 bits per heavy atom. The number of nitrogens with zero attached hydrogens (tertiary/aromatic N) is 2. The smallest absolute Gasteiger partial charge is 0.329 e. The predicted octanol–water partition coefficient (Wildman–Crippen LogP) is 1.22. The van der Waals surface area contributed by atoms with E-state index in [-0.39, 0.29) is 11.6 Å². The molecule has 1 amide bonds. The molecule has 2 unspecified atom stereocenters. The number of para-hydroxylation sites is 1. The first-order valence-corrected chi connectivity index (χ1v) is 12.1. The molecule has 0 bridgehead atoms. The van der Waals surface area contributed by atoms with Crippen LogP contribution in [0.3, 0.4) is 0 Å². The number of hydrogen-bond acceptors (Lipinski definition) is 6. The van der Waals surface area contributed by atoms with Crippen molar-refractivity contribution in [1.29, 1.82) is 0 Å². The van der Waals surface area contributed by atoms with Crippen LogP contribution in [0.2, 0.25) is 0 Å². The highest BCUT2D eigenvalue weighted by atomic mass is 16.5. The molecule has 33 heavy (non-hydrogen) atoms. The Morgan fingerprint density at radius 2 is 1.85 bits per heavy atom. The van der Waals surface area contributed by atoms with Crippen LogP contribution in [-0.4, -0.2) is 65.4 Å². The molecule has 4 rings (SSSR count). The van der Waals surface area contributed by atoms with Crippen molar-refractivity contribution in [3.05, 3.63) is 34.2 Å². The Morgan fingerprint density at radius 1 is 1.06 bits per heavy atom. The van der Waals surface area contributed by atoms with E-state index in [1.807, 2.05) is 18.2 Å². The van der Waals surface area contributed by atoms with E-state index in [9.17, 15) is 14.7 Å². The van der Waals surface area contributed by atoms with Crippen LogP contribution in [0.4, 0.5) is 0 Å². The maximum Gasteiger partial charge on any atom is 0.329 e. The summed E-state index contributed by atoms with van der Waals surface area (Å²) in [6.45, 7) is 4.17. The lowest BCUT2D eigenvalue weighted by atomic mass is 10.0. The first kappa shape index (κ1) is 23.9. The lowest BCUT2D eigenvalue weighted by Gasteiger charge is -2.26. The first-order valence-electron chi connectivity index (χ1n) is 12.1. The summed E-state index contributed by atoms with van der Waals surface area (Å²) < 4.78 is 14.9. The maximum absolute atomic E-state index is 13.0. The van der Waals surface area contributed by atoms with Crippen molar-refractivity contribution in [2.24, 2.45) is 7.05 Å². The lowest BCUT2D eigenvalue weighted by molar-refractivity contribution is -0.130. The van der Waals surface area contributed by atoms with Gasteiger partial charge < -0.3 is 25.2 Å². The van der Waals surface area contributed by atoms with Gasteiger partial charge in [-0.05, 0) is 69.7 Å². The van der Waals surface area contributed by atoms with Crippen LogP contribution in [0.15, 0.2) is 23.0 Å².